The zero-order valence-electron chi connectivity index (χ0n) is 7.92. The number of hydrogen-bond donors (Lipinski definition) is 0. The molecule has 0 aromatic heterocycles. The van der Waals surface area contributed by atoms with E-state index in [0.29, 0.717) is 5.02 Å². The first-order valence-corrected chi connectivity index (χ1v) is 4.98. The number of ketones is 1. The normalized spacial score (nSPS) is 9.80. The van der Waals surface area contributed by atoms with Crippen LogP contribution in [0.25, 0.3) is 0 Å². The maximum absolute atomic E-state index is 11.4. The minimum Gasteiger partial charge on any atom is -0.460 e. The molecule has 0 aliphatic rings. The Morgan fingerprint density at radius 3 is 2.47 bits per heavy atom. The van der Waals surface area contributed by atoms with Crippen LogP contribution in [0.4, 0.5) is 0 Å². The Bertz CT molecular complexity index is 402. The summed E-state index contributed by atoms with van der Waals surface area (Å²) in [5, 5.41) is 0.559. The van der Waals surface area contributed by atoms with Gasteiger partial charge in [-0.2, -0.15) is 0 Å². The van der Waals surface area contributed by atoms with Crippen molar-refractivity contribution in [2.45, 2.75) is 6.92 Å². The smallest absolute Gasteiger partial charge is 0.379 e. The van der Waals surface area contributed by atoms with E-state index in [0.717, 1.165) is 0 Å². The van der Waals surface area contributed by atoms with Crippen molar-refractivity contribution in [2.24, 2.45) is 0 Å². The van der Waals surface area contributed by atoms with Crippen molar-refractivity contribution in [3.05, 3.63) is 33.8 Å². The first-order valence-electron chi connectivity index (χ1n) is 4.22. The minimum absolute atomic E-state index is 0.159. The minimum atomic E-state index is -0.893. The van der Waals surface area contributed by atoms with Crippen LogP contribution in [0.5, 0.6) is 0 Å². The molecule has 0 radical (unpaired) electrons. The predicted octanol–water partition coefficient (Wildman–Crippen LogP) is 2.74. The van der Waals surface area contributed by atoms with Gasteiger partial charge in [-0.1, -0.05) is 23.2 Å². The monoisotopic (exact) mass is 246 g/mol. The Morgan fingerprint density at radius 1 is 1.27 bits per heavy atom. The van der Waals surface area contributed by atoms with Crippen molar-refractivity contribution < 1.29 is 14.3 Å². The van der Waals surface area contributed by atoms with Gasteiger partial charge in [0.1, 0.15) is 0 Å². The molecule has 0 N–H and O–H groups in total. The molecule has 0 heterocycles. The largest absolute Gasteiger partial charge is 0.460 e. The van der Waals surface area contributed by atoms with Gasteiger partial charge in [-0.25, -0.2) is 4.79 Å². The lowest BCUT2D eigenvalue weighted by Gasteiger charge is -2.02. The molecular formula is C10H8Cl2O3. The number of halogens is 2. The molecule has 1 aromatic carbocycles. The maximum atomic E-state index is 11.4. The molecule has 0 unspecified atom stereocenters. The summed E-state index contributed by atoms with van der Waals surface area (Å²) in [5.74, 6) is -1.62. The van der Waals surface area contributed by atoms with Gasteiger partial charge in [0.15, 0.2) is 0 Å². The Balaban J connectivity index is 2.92. The van der Waals surface area contributed by atoms with Gasteiger partial charge in [-0.15, -0.1) is 0 Å². The quantitative estimate of drug-likeness (QED) is 0.468. The van der Waals surface area contributed by atoms with Crippen LogP contribution in [0.1, 0.15) is 17.3 Å². The first kappa shape index (κ1) is 12.0. The second-order valence-corrected chi connectivity index (χ2v) is 3.49. The highest BCUT2D eigenvalue weighted by Gasteiger charge is 2.17. The second kappa shape index (κ2) is 5.14. The van der Waals surface area contributed by atoms with E-state index in [2.05, 4.69) is 4.74 Å². The van der Waals surface area contributed by atoms with E-state index in [1.54, 1.807) is 6.92 Å². The molecule has 0 atom stereocenters. The van der Waals surface area contributed by atoms with E-state index >= 15 is 0 Å². The van der Waals surface area contributed by atoms with Crippen molar-refractivity contribution >= 4 is 35.0 Å². The second-order valence-electron chi connectivity index (χ2n) is 2.68. The van der Waals surface area contributed by atoms with E-state index in [9.17, 15) is 9.59 Å². The highest BCUT2D eigenvalue weighted by Crippen LogP contribution is 2.22. The Morgan fingerprint density at radius 2 is 1.93 bits per heavy atom. The van der Waals surface area contributed by atoms with Crippen molar-refractivity contribution in [3.63, 3.8) is 0 Å². The van der Waals surface area contributed by atoms with Crippen LogP contribution < -0.4 is 0 Å². The summed E-state index contributed by atoms with van der Waals surface area (Å²) in [6, 6.07) is 4.22. The molecule has 80 valence electrons. The van der Waals surface area contributed by atoms with Gasteiger partial charge in [-0.05, 0) is 25.1 Å². The number of benzene rings is 1. The molecule has 0 saturated carbocycles. The zero-order chi connectivity index (χ0) is 11.4. The average molecular weight is 247 g/mol. The van der Waals surface area contributed by atoms with Gasteiger partial charge in [0.2, 0.25) is 0 Å². The van der Waals surface area contributed by atoms with Crippen molar-refractivity contribution in [1.29, 1.82) is 0 Å². The van der Waals surface area contributed by atoms with Crippen LogP contribution in [-0.2, 0) is 9.53 Å². The number of hydrogen-bond acceptors (Lipinski definition) is 3. The molecule has 0 fully saturated rings. The highest BCUT2D eigenvalue weighted by atomic mass is 35.5. The lowest BCUT2D eigenvalue weighted by atomic mass is 10.1. The van der Waals surface area contributed by atoms with Gasteiger partial charge in [0.05, 0.1) is 16.7 Å². The number of esters is 1. The molecule has 1 rings (SSSR count). The third kappa shape index (κ3) is 2.94. The van der Waals surface area contributed by atoms with Crippen LogP contribution >= 0.6 is 23.2 Å². The number of carbonyl (C=O) groups is 2. The standard InChI is InChI=1S/C10H8Cl2O3/c1-2-15-10(14)9(13)6-3-4-7(11)8(12)5-6/h3-5H,2H2,1H3. The molecule has 15 heavy (non-hydrogen) atoms. The van der Waals surface area contributed by atoms with Crippen LogP contribution in [0.3, 0.4) is 0 Å². The Hall–Kier alpha value is -1.06. The highest BCUT2D eigenvalue weighted by molar-refractivity contribution is 6.44. The van der Waals surface area contributed by atoms with Gasteiger partial charge >= 0.3 is 5.97 Å². The van der Waals surface area contributed by atoms with Crippen molar-refractivity contribution in [1.82, 2.24) is 0 Å². The van der Waals surface area contributed by atoms with E-state index < -0.39 is 11.8 Å². The van der Waals surface area contributed by atoms with Gasteiger partial charge in [0, 0.05) is 5.56 Å². The molecule has 0 aliphatic heterocycles. The molecule has 1 aromatic rings. The summed E-state index contributed by atoms with van der Waals surface area (Å²) in [6.07, 6.45) is 0. The van der Waals surface area contributed by atoms with Gasteiger partial charge < -0.3 is 4.74 Å². The predicted molar refractivity (Wildman–Crippen MR) is 57.4 cm³/mol. The van der Waals surface area contributed by atoms with Crippen LogP contribution in [0.2, 0.25) is 10.0 Å². The van der Waals surface area contributed by atoms with Crippen molar-refractivity contribution in [2.75, 3.05) is 6.61 Å². The topological polar surface area (TPSA) is 43.4 Å². The summed E-state index contributed by atoms with van der Waals surface area (Å²) in [7, 11) is 0. The average Bonchev–Trinajstić information content (AvgIpc) is 2.21. The molecule has 0 aliphatic carbocycles. The number of carbonyl (C=O) groups excluding carboxylic acids is 2. The summed E-state index contributed by atoms with van der Waals surface area (Å²) in [4.78, 5) is 22.5. The van der Waals surface area contributed by atoms with Crippen molar-refractivity contribution in [3.8, 4) is 0 Å². The lowest BCUT2D eigenvalue weighted by molar-refractivity contribution is -0.137. The molecule has 0 amide bonds. The number of Topliss-reactive ketones (excluding diaryl/α,β-unsaturated/α-hetero) is 1. The molecule has 0 saturated heterocycles. The van der Waals surface area contributed by atoms with Crippen LogP contribution in [-0.4, -0.2) is 18.4 Å². The van der Waals surface area contributed by atoms with Gasteiger partial charge in [0.25, 0.3) is 5.78 Å². The van der Waals surface area contributed by atoms with Gasteiger partial charge in [-0.3, -0.25) is 4.79 Å². The summed E-state index contributed by atoms with van der Waals surface area (Å²) in [6.45, 7) is 1.78. The van der Waals surface area contributed by atoms with E-state index in [1.165, 1.54) is 18.2 Å². The zero-order valence-corrected chi connectivity index (χ0v) is 9.43. The Labute approximate surface area is 96.9 Å². The molecule has 3 nitrogen and oxygen atoms in total. The van der Waals surface area contributed by atoms with E-state index in [4.69, 9.17) is 23.2 Å². The number of ether oxygens (including phenoxy) is 1. The third-order valence-electron chi connectivity index (χ3n) is 1.64. The maximum Gasteiger partial charge on any atom is 0.379 e. The Kier molecular flexibility index (Phi) is 4.12. The third-order valence-corrected chi connectivity index (χ3v) is 2.38. The first-order chi connectivity index (χ1) is 7.06. The summed E-state index contributed by atoms with van der Waals surface area (Å²) >= 11 is 11.4. The van der Waals surface area contributed by atoms with Crippen LogP contribution in [0.15, 0.2) is 18.2 Å². The summed E-state index contributed by atoms with van der Waals surface area (Å²) in [5.41, 5.74) is 0.169. The number of rotatable bonds is 3. The van der Waals surface area contributed by atoms with Crippen LogP contribution in [0, 0.1) is 0 Å². The molecular weight excluding hydrogens is 239 g/mol. The molecule has 0 spiro atoms. The lowest BCUT2D eigenvalue weighted by Crippen LogP contribution is -2.17. The molecule has 5 heteroatoms. The van der Waals surface area contributed by atoms with E-state index in [-0.39, 0.29) is 17.2 Å². The fourth-order valence-electron chi connectivity index (χ4n) is 0.952. The summed E-state index contributed by atoms with van der Waals surface area (Å²) < 4.78 is 4.56. The molecule has 0 bridgehead atoms. The SMILES string of the molecule is CCOC(=O)C(=O)c1ccc(Cl)c(Cl)c1. The van der Waals surface area contributed by atoms with E-state index in [1.807, 2.05) is 0 Å². The fourth-order valence-corrected chi connectivity index (χ4v) is 1.25. The fraction of sp³-hybridized carbons (Fsp3) is 0.200.